The van der Waals surface area contributed by atoms with E-state index in [4.69, 9.17) is 4.74 Å². The summed E-state index contributed by atoms with van der Waals surface area (Å²) < 4.78 is 5.18. The van der Waals surface area contributed by atoms with E-state index in [1.807, 2.05) is 24.3 Å². The number of esters is 1. The van der Waals surface area contributed by atoms with Gasteiger partial charge in [0.1, 0.15) is 0 Å². The molecule has 1 atom stereocenters. The molecule has 1 unspecified atom stereocenters. The summed E-state index contributed by atoms with van der Waals surface area (Å²) in [7, 11) is 0. The number of rotatable bonds is 5. The lowest BCUT2D eigenvalue weighted by atomic mass is 9.77. The van der Waals surface area contributed by atoms with Crippen LogP contribution >= 0.6 is 15.9 Å². The summed E-state index contributed by atoms with van der Waals surface area (Å²) in [5.41, 5.74) is 0.704. The lowest BCUT2D eigenvalue weighted by Gasteiger charge is -2.26. The van der Waals surface area contributed by atoms with E-state index in [2.05, 4.69) is 15.9 Å². The molecule has 0 heterocycles. The molecule has 0 saturated heterocycles. The average molecular weight is 325 g/mol. The second-order valence-electron chi connectivity index (χ2n) is 4.68. The highest BCUT2D eigenvalue weighted by molar-refractivity contribution is 9.09. The van der Waals surface area contributed by atoms with Crippen LogP contribution in [0.4, 0.5) is 0 Å². The number of halogens is 1. The Kier molecular flexibility index (Phi) is 4.40. The van der Waals surface area contributed by atoms with Crippen LogP contribution in [0.15, 0.2) is 24.3 Å². The Morgan fingerprint density at radius 2 is 2.16 bits per heavy atom. The van der Waals surface area contributed by atoms with Crippen molar-refractivity contribution in [2.45, 2.75) is 31.6 Å². The summed E-state index contributed by atoms with van der Waals surface area (Å²) in [6.07, 6.45) is 1.60. The van der Waals surface area contributed by atoms with Gasteiger partial charge in [0, 0.05) is 11.8 Å². The minimum Gasteiger partial charge on any atom is -0.465 e. The first kappa shape index (κ1) is 14.3. The van der Waals surface area contributed by atoms with Crippen molar-refractivity contribution in [1.82, 2.24) is 0 Å². The van der Waals surface area contributed by atoms with Crippen LogP contribution in [0.3, 0.4) is 0 Å². The summed E-state index contributed by atoms with van der Waals surface area (Å²) in [6.45, 7) is 2.06. The minimum atomic E-state index is -1.08. The monoisotopic (exact) mass is 324 g/mol. The maximum atomic E-state index is 12.5. The number of fused-ring (bicyclic) bond motifs is 1. The molecule has 1 aliphatic carbocycles. The van der Waals surface area contributed by atoms with E-state index in [9.17, 15) is 9.59 Å². The Bertz CT molecular complexity index is 498. The molecule has 1 aliphatic rings. The van der Waals surface area contributed by atoms with Crippen LogP contribution in [0, 0.1) is 0 Å². The number of hydrogen-bond donors (Lipinski definition) is 0. The molecule has 4 heteroatoms. The fraction of sp³-hybridized carbons (Fsp3) is 0.467. The van der Waals surface area contributed by atoms with Crippen molar-refractivity contribution >= 4 is 27.7 Å². The van der Waals surface area contributed by atoms with Crippen molar-refractivity contribution < 1.29 is 14.3 Å². The number of hydrogen-bond acceptors (Lipinski definition) is 3. The van der Waals surface area contributed by atoms with E-state index in [0.717, 1.165) is 22.9 Å². The quantitative estimate of drug-likeness (QED) is 0.475. The average Bonchev–Trinajstić information content (AvgIpc) is 2.69. The molecule has 0 N–H and O–H groups in total. The Labute approximate surface area is 121 Å². The van der Waals surface area contributed by atoms with Crippen molar-refractivity contribution in [3.05, 3.63) is 35.4 Å². The highest BCUT2D eigenvalue weighted by Gasteiger charge is 2.52. The maximum Gasteiger partial charge on any atom is 0.324 e. The molecular weight excluding hydrogens is 308 g/mol. The van der Waals surface area contributed by atoms with Gasteiger partial charge in [-0.1, -0.05) is 40.2 Å². The summed E-state index contributed by atoms with van der Waals surface area (Å²) in [4.78, 5) is 24.8. The summed E-state index contributed by atoms with van der Waals surface area (Å²) >= 11 is 3.37. The van der Waals surface area contributed by atoms with Crippen LogP contribution in [0.2, 0.25) is 0 Å². The fourth-order valence-electron chi connectivity index (χ4n) is 2.75. The molecule has 0 saturated carbocycles. The third kappa shape index (κ3) is 2.34. The molecule has 1 aromatic rings. The van der Waals surface area contributed by atoms with Gasteiger partial charge in [-0.3, -0.25) is 9.59 Å². The summed E-state index contributed by atoms with van der Waals surface area (Å²) in [6, 6.07) is 7.57. The molecule has 1 aromatic carbocycles. The van der Waals surface area contributed by atoms with Crippen molar-refractivity contribution in [3.63, 3.8) is 0 Å². The van der Waals surface area contributed by atoms with Gasteiger partial charge in [-0.2, -0.15) is 0 Å². The van der Waals surface area contributed by atoms with E-state index >= 15 is 0 Å². The van der Waals surface area contributed by atoms with Crippen LogP contribution in [0.5, 0.6) is 0 Å². The first-order chi connectivity index (χ1) is 9.16. The smallest absolute Gasteiger partial charge is 0.324 e. The molecule has 0 radical (unpaired) electrons. The third-order valence-corrected chi connectivity index (χ3v) is 4.17. The van der Waals surface area contributed by atoms with Crippen molar-refractivity contribution in [2.75, 3.05) is 11.9 Å². The van der Waals surface area contributed by atoms with Gasteiger partial charge in [-0.15, -0.1) is 0 Å². The number of carbonyl (C=O) groups excluding carboxylic acids is 2. The highest BCUT2D eigenvalue weighted by atomic mass is 79.9. The zero-order valence-corrected chi connectivity index (χ0v) is 12.5. The number of Topliss-reactive ketones (excluding diaryl/α,β-unsaturated/α-hetero) is 1. The minimum absolute atomic E-state index is 0.0342. The largest absolute Gasteiger partial charge is 0.465 e. The zero-order chi connectivity index (χ0) is 13.9. The number of ether oxygens (including phenoxy) is 1. The lowest BCUT2D eigenvalue weighted by Crippen LogP contribution is -2.42. The van der Waals surface area contributed by atoms with Crippen molar-refractivity contribution in [2.24, 2.45) is 0 Å². The van der Waals surface area contributed by atoms with E-state index < -0.39 is 11.4 Å². The molecule has 0 fully saturated rings. The predicted octanol–water partition coefficient (Wildman–Crippen LogP) is 2.79. The maximum absolute atomic E-state index is 12.5. The Balaban J connectivity index is 2.48. The SMILES string of the molecule is CCOC(=O)C1(CCCBr)C(=O)Cc2ccccc21. The fourth-order valence-corrected chi connectivity index (χ4v) is 3.03. The normalized spacial score (nSPS) is 21.3. The topological polar surface area (TPSA) is 43.4 Å². The summed E-state index contributed by atoms with van der Waals surface area (Å²) in [5.74, 6) is -0.431. The molecule has 0 amide bonds. The number of carbonyl (C=O) groups is 2. The highest BCUT2D eigenvalue weighted by Crippen LogP contribution is 2.41. The molecule has 3 nitrogen and oxygen atoms in total. The van der Waals surface area contributed by atoms with E-state index in [0.29, 0.717) is 19.4 Å². The molecule has 102 valence electrons. The van der Waals surface area contributed by atoms with Gasteiger partial charge >= 0.3 is 5.97 Å². The standard InChI is InChI=1S/C15H17BrO3/c1-2-19-14(18)15(8-5-9-16)12-7-4-3-6-11(12)10-13(15)17/h3-4,6-7H,2,5,8-10H2,1H3. The second kappa shape index (κ2) is 5.87. The number of alkyl halides is 1. The van der Waals surface area contributed by atoms with Crippen LogP contribution < -0.4 is 0 Å². The van der Waals surface area contributed by atoms with Crippen molar-refractivity contribution in [1.29, 1.82) is 0 Å². The van der Waals surface area contributed by atoms with Gasteiger partial charge in [0.25, 0.3) is 0 Å². The number of benzene rings is 1. The van der Waals surface area contributed by atoms with Gasteiger partial charge in [-0.25, -0.2) is 0 Å². The predicted molar refractivity (Wildman–Crippen MR) is 76.5 cm³/mol. The lowest BCUT2D eigenvalue weighted by molar-refractivity contribution is -0.153. The molecular formula is C15H17BrO3. The van der Waals surface area contributed by atoms with E-state index in [-0.39, 0.29) is 5.78 Å². The zero-order valence-electron chi connectivity index (χ0n) is 10.9. The van der Waals surface area contributed by atoms with Gasteiger partial charge in [0.05, 0.1) is 6.61 Å². The molecule has 19 heavy (non-hydrogen) atoms. The first-order valence-corrected chi connectivity index (χ1v) is 7.63. The van der Waals surface area contributed by atoms with Crippen LogP contribution in [-0.4, -0.2) is 23.7 Å². The van der Waals surface area contributed by atoms with Crippen LogP contribution in [-0.2, 0) is 26.2 Å². The second-order valence-corrected chi connectivity index (χ2v) is 5.47. The van der Waals surface area contributed by atoms with Gasteiger partial charge < -0.3 is 4.74 Å². The Morgan fingerprint density at radius 3 is 2.84 bits per heavy atom. The van der Waals surface area contributed by atoms with Gasteiger partial charge in [0.2, 0.25) is 0 Å². The molecule has 0 aromatic heterocycles. The Hall–Kier alpha value is -1.16. The van der Waals surface area contributed by atoms with Gasteiger partial charge in [-0.05, 0) is 30.9 Å². The van der Waals surface area contributed by atoms with Gasteiger partial charge in [0.15, 0.2) is 11.2 Å². The molecule has 2 rings (SSSR count). The van der Waals surface area contributed by atoms with Crippen molar-refractivity contribution in [3.8, 4) is 0 Å². The summed E-state index contributed by atoms with van der Waals surface area (Å²) in [5, 5.41) is 0.767. The Morgan fingerprint density at radius 1 is 1.42 bits per heavy atom. The third-order valence-electron chi connectivity index (χ3n) is 3.61. The first-order valence-electron chi connectivity index (χ1n) is 6.51. The molecule has 0 spiro atoms. The number of ketones is 1. The molecule has 0 aliphatic heterocycles. The molecule has 0 bridgehead atoms. The van der Waals surface area contributed by atoms with Crippen LogP contribution in [0.25, 0.3) is 0 Å². The van der Waals surface area contributed by atoms with Crippen LogP contribution in [0.1, 0.15) is 30.9 Å². The van der Waals surface area contributed by atoms with E-state index in [1.54, 1.807) is 6.92 Å². The van der Waals surface area contributed by atoms with E-state index in [1.165, 1.54) is 0 Å².